The number of nitrogens with one attached hydrogen (secondary N) is 2. The van der Waals surface area contributed by atoms with Crippen molar-refractivity contribution in [1.29, 1.82) is 0 Å². The van der Waals surface area contributed by atoms with E-state index >= 15 is 0 Å². The van der Waals surface area contributed by atoms with Crippen LogP contribution in [0.4, 0.5) is 5.69 Å². The molecule has 0 radical (unpaired) electrons. The van der Waals surface area contributed by atoms with E-state index in [0.717, 1.165) is 17.9 Å². The number of aliphatic imine (C=N–C) groups is 1. The zero-order valence-electron chi connectivity index (χ0n) is 9.53. The molecule has 3 heteroatoms. The number of hydrogen-bond acceptors (Lipinski definition) is 3. The zero-order chi connectivity index (χ0) is 11.8. The molecule has 0 saturated carbocycles. The van der Waals surface area contributed by atoms with Crippen LogP contribution in [-0.4, -0.2) is 12.8 Å². The highest BCUT2D eigenvalue weighted by Gasteiger charge is 1.91. The smallest absolute Gasteiger partial charge is 0.118 e. The van der Waals surface area contributed by atoms with Gasteiger partial charge < -0.3 is 10.6 Å². The maximum atomic E-state index is 4.12. The Kier molecular flexibility index (Phi) is 4.86. The van der Waals surface area contributed by atoms with Gasteiger partial charge in [0, 0.05) is 17.9 Å². The van der Waals surface area contributed by atoms with Crippen molar-refractivity contribution in [3.63, 3.8) is 0 Å². The third-order valence-electron chi connectivity index (χ3n) is 1.84. The fourth-order valence-electron chi connectivity index (χ4n) is 1.14. The highest BCUT2D eigenvalue weighted by Crippen LogP contribution is 2.06. The molecule has 0 aliphatic carbocycles. The van der Waals surface area contributed by atoms with E-state index in [4.69, 9.17) is 0 Å². The van der Waals surface area contributed by atoms with E-state index in [1.54, 1.807) is 6.21 Å². The van der Waals surface area contributed by atoms with Crippen LogP contribution in [0.2, 0.25) is 0 Å². The Labute approximate surface area is 96.6 Å². The van der Waals surface area contributed by atoms with E-state index in [0.29, 0.717) is 5.82 Å². The highest BCUT2D eigenvalue weighted by molar-refractivity contribution is 5.82. The first-order valence-electron chi connectivity index (χ1n) is 5.20. The quantitative estimate of drug-likeness (QED) is 0.716. The molecule has 0 aliphatic heterocycles. The van der Waals surface area contributed by atoms with Gasteiger partial charge in [-0.05, 0) is 19.1 Å². The number of hydrogen-bond donors (Lipinski definition) is 2. The maximum absolute atomic E-state index is 4.12. The second-order valence-corrected chi connectivity index (χ2v) is 3.25. The molecule has 1 rings (SSSR count). The first kappa shape index (κ1) is 12.0. The summed E-state index contributed by atoms with van der Waals surface area (Å²) < 4.78 is 0. The lowest BCUT2D eigenvalue weighted by Crippen LogP contribution is -2.09. The largest absolute Gasteiger partial charge is 0.371 e. The Morgan fingerprint density at radius 1 is 1.31 bits per heavy atom. The monoisotopic (exact) mass is 215 g/mol. The van der Waals surface area contributed by atoms with Crippen molar-refractivity contribution in [2.24, 2.45) is 4.99 Å². The summed E-state index contributed by atoms with van der Waals surface area (Å²) in [5.74, 6) is 0.638. The lowest BCUT2D eigenvalue weighted by molar-refractivity contribution is 0.847. The molecule has 0 saturated heterocycles. The average Bonchev–Trinajstić information content (AvgIpc) is 2.28. The minimum Gasteiger partial charge on any atom is -0.371 e. The lowest BCUT2D eigenvalue weighted by atomic mass is 10.3. The van der Waals surface area contributed by atoms with Gasteiger partial charge in [0.1, 0.15) is 5.82 Å². The van der Waals surface area contributed by atoms with E-state index in [1.165, 1.54) is 0 Å². The summed E-state index contributed by atoms with van der Waals surface area (Å²) in [4.78, 5) is 4.12. The molecule has 0 spiro atoms. The SMILES string of the molecule is C=C(C=NC(=C)NCC)Nc1ccccc1. The topological polar surface area (TPSA) is 36.4 Å². The normalized spacial score (nSPS) is 10.1. The third-order valence-corrected chi connectivity index (χ3v) is 1.84. The van der Waals surface area contributed by atoms with Gasteiger partial charge in [0.05, 0.1) is 6.21 Å². The predicted octanol–water partition coefficient (Wildman–Crippen LogP) is 2.76. The van der Waals surface area contributed by atoms with E-state index in [9.17, 15) is 0 Å². The fraction of sp³-hybridized carbons (Fsp3) is 0.154. The number of rotatable bonds is 6. The van der Waals surface area contributed by atoms with E-state index in [-0.39, 0.29) is 0 Å². The molecule has 0 atom stereocenters. The van der Waals surface area contributed by atoms with Crippen LogP contribution < -0.4 is 10.6 Å². The van der Waals surface area contributed by atoms with Crippen molar-refractivity contribution in [2.75, 3.05) is 11.9 Å². The van der Waals surface area contributed by atoms with Gasteiger partial charge in [-0.1, -0.05) is 31.4 Å². The number of nitrogens with zero attached hydrogens (tertiary/aromatic N) is 1. The van der Waals surface area contributed by atoms with Crippen molar-refractivity contribution in [3.8, 4) is 0 Å². The number of benzene rings is 1. The molecule has 0 amide bonds. The molecule has 0 aromatic heterocycles. The summed E-state index contributed by atoms with van der Waals surface area (Å²) in [6.07, 6.45) is 1.65. The van der Waals surface area contributed by atoms with Crippen LogP contribution in [0.5, 0.6) is 0 Å². The molecule has 3 nitrogen and oxygen atoms in total. The Hall–Kier alpha value is -2.03. The maximum Gasteiger partial charge on any atom is 0.118 e. The van der Waals surface area contributed by atoms with Crippen molar-refractivity contribution in [2.45, 2.75) is 6.92 Å². The van der Waals surface area contributed by atoms with Crippen LogP contribution in [0.25, 0.3) is 0 Å². The first-order valence-corrected chi connectivity index (χ1v) is 5.20. The van der Waals surface area contributed by atoms with E-state index < -0.39 is 0 Å². The van der Waals surface area contributed by atoms with Crippen LogP contribution in [0.1, 0.15) is 6.92 Å². The van der Waals surface area contributed by atoms with Crippen LogP contribution in [0, 0.1) is 0 Å². The Morgan fingerprint density at radius 2 is 2.00 bits per heavy atom. The molecular weight excluding hydrogens is 198 g/mol. The molecule has 16 heavy (non-hydrogen) atoms. The number of anilines is 1. The molecule has 0 unspecified atom stereocenters. The minimum absolute atomic E-state index is 0.638. The minimum atomic E-state index is 0.638. The first-order chi connectivity index (χ1) is 7.72. The zero-order valence-corrected chi connectivity index (χ0v) is 9.53. The van der Waals surface area contributed by atoms with Gasteiger partial charge in [-0.15, -0.1) is 0 Å². The van der Waals surface area contributed by atoms with Crippen LogP contribution >= 0.6 is 0 Å². The van der Waals surface area contributed by atoms with Crippen molar-refractivity contribution in [3.05, 3.63) is 55.0 Å². The van der Waals surface area contributed by atoms with Crippen LogP contribution in [0.3, 0.4) is 0 Å². The van der Waals surface area contributed by atoms with Crippen LogP contribution in [-0.2, 0) is 0 Å². The summed E-state index contributed by atoms with van der Waals surface area (Å²) in [6, 6.07) is 9.83. The predicted molar refractivity (Wildman–Crippen MR) is 70.5 cm³/mol. The van der Waals surface area contributed by atoms with Gasteiger partial charge in [0.25, 0.3) is 0 Å². The number of allylic oxidation sites excluding steroid dienone is 1. The van der Waals surface area contributed by atoms with Gasteiger partial charge in [-0.25, -0.2) is 4.99 Å². The summed E-state index contributed by atoms with van der Waals surface area (Å²) in [5.41, 5.74) is 1.72. The molecule has 84 valence electrons. The fourth-order valence-corrected chi connectivity index (χ4v) is 1.14. The second kappa shape index (κ2) is 6.45. The molecule has 1 aromatic rings. The van der Waals surface area contributed by atoms with E-state index in [1.807, 2.05) is 37.3 Å². The Morgan fingerprint density at radius 3 is 2.62 bits per heavy atom. The van der Waals surface area contributed by atoms with Crippen molar-refractivity contribution in [1.82, 2.24) is 5.32 Å². The molecule has 0 aliphatic rings. The molecule has 0 bridgehead atoms. The van der Waals surface area contributed by atoms with Gasteiger partial charge in [0.15, 0.2) is 0 Å². The molecule has 0 heterocycles. The Bertz CT molecular complexity index is 379. The van der Waals surface area contributed by atoms with Crippen molar-refractivity contribution < 1.29 is 0 Å². The average molecular weight is 215 g/mol. The highest BCUT2D eigenvalue weighted by atomic mass is 15.0. The van der Waals surface area contributed by atoms with Gasteiger partial charge >= 0.3 is 0 Å². The van der Waals surface area contributed by atoms with Gasteiger partial charge in [0.2, 0.25) is 0 Å². The number of para-hydroxylation sites is 1. The molecule has 2 N–H and O–H groups in total. The van der Waals surface area contributed by atoms with Crippen molar-refractivity contribution >= 4 is 11.9 Å². The summed E-state index contributed by atoms with van der Waals surface area (Å²) >= 11 is 0. The van der Waals surface area contributed by atoms with E-state index in [2.05, 4.69) is 28.8 Å². The van der Waals surface area contributed by atoms with Gasteiger partial charge in [-0.3, -0.25) is 0 Å². The molecule has 0 fully saturated rings. The second-order valence-electron chi connectivity index (χ2n) is 3.25. The third kappa shape index (κ3) is 4.46. The van der Waals surface area contributed by atoms with Gasteiger partial charge in [-0.2, -0.15) is 0 Å². The van der Waals surface area contributed by atoms with Crippen LogP contribution in [0.15, 0.2) is 60.0 Å². The molecular formula is C13H17N3. The lowest BCUT2D eigenvalue weighted by Gasteiger charge is -2.05. The standard InChI is InChI=1S/C13H17N3/c1-4-14-12(3)15-10-11(2)16-13-8-6-5-7-9-13/h5-10,14,16H,2-4H2,1H3. The Balaban J connectivity index is 2.45. The summed E-state index contributed by atoms with van der Waals surface area (Å²) in [6.45, 7) is 10.4. The molecule has 1 aromatic carbocycles. The summed E-state index contributed by atoms with van der Waals surface area (Å²) in [7, 11) is 0. The summed E-state index contributed by atoms with van der Waals surface area (Å²) in [5, 5.41) is 6.13.